The molecule has 0 radical (unpaired) electrons. The van der Waals surface area contributed by atoms with E-state index in [2.05, 4.69) is 10.0 Å². The SMILES string of the molecule is CC(C)CS(=O)(=O)NCCC1CCCNC1. The first-order chi connectivity index (χ1) is 7.49. The molecule has 0 aliphatic carbocycles. The highest BCUT2D eigenvalue weighted by Gasteiger charge is 2.15. The molecule has 0 bridgehead atoms. The zero-order valence-electron chi connectivity index (χ0n) is 10.3. The third-order valence-electron chi connectivity index (χ3n) is 2.83. The third kappa shape index (κ3) is 5.82. The van der Waals surface area contributed by atoms with E-state index in [1.807, 2.05) is 13.8 Å². The highest BCUT2D eigenvalue weighted by molar-refractivity contribution is 7.89. The summed E-state index contributed by atoms with van der Waals surface area (Å²) in [7, 11) is -3.05. The van der Waals surface area contributed by atoms with Crippen molar-refractivity contribution in [2.45, 2.75) is 33.1 Å². The Kier molecular flexibility index (Phi) is 5.72. The van der Waals surface area contributed by atoms with Gasteiger partial charge in [-0.3, -0.25) is 0 Å². The molecule has 0 amide bonds. The zero-order valence-corrected chi connectivity index (χ0v) is 11.1. The van der Waals surface area contributed by atoms with Gasteiger partial charge in [-0.25, -0.2) is 13.1 Å². The van der Waals surface area contributed by atoms with Crippen LogP contribution in [0.4, 0.5) is 0 Å². The van der Waals surface area contributed by atoms with Crippen LogP contribution in [0.2, 0.25) is 0 Å². The molecule has 0 saturated carbocycles. The summed E-state index contributed by atoms with van der Waals surface area (Å²) in [4.78, 5) is 0. The maximum Gasteiger partial charge on any atom is 0.211 e. The normalized spacial score (nSPS) is 22.6. The number of hydrogen-bond acceptors (Lipinski definition) is 3. The first kappa shape index (κ1) is 13.9. The smallest absolute Gasteiger partial charge is 0.211 e. The van der Waals surface area contributed by atoms with Gasteiger partial charge in [-0.05, 0) is 44.2 Å². The van der Waals surface area contributed by atoms with Crippen LogP contribution in [0.25, 0.3) is 0 Å². The summed E-state index contributed by atoms with van der Waals surface area (Å²) >= 11 is 0. The van der Waals surface area contributed by atoms with Crippen LogP contribution in [0, 0.1) is 11.8 Å². The number of rotatable bonds is 6. The van der Waals surface area contributed by atoms with Gasteiger partial charge in [0.05, 0.1) is 5.75 Å². The predicted octanol–water partition coefficient (Wildman–Crippen LogP) is 0.952. The van der Waals surface area contributed by atoms with Gasteiger partial charge in [0.1, 0.15) is 0 Å². The van der Waals surface area contributed by atoms with Crippen molar-refractivity contribution in [3.8, 4) is 0 Å². The van der Waals surface area contributed by atoms with E-state index in [4.69, 9.17) is 0 Å². The molecule has 1 rings (SSSR count). The monoisotopic (exact) mass is 248 g/mol. The van der Waals surface area contributed by atoms with Crippen LogP contribution in [0.3, 0.4) is 0 Å². The minimum Gasteiger partial charge on any atom is -0.316 e. The summed E-state index contributed by atoms with van der Waals surface area (Å²) in [5.74, 6) is 1.06. The van der Waals surface area contributed by atoms with Crippen molar-refractivity contribution in [3.63, 3.8) is 0 Å². The second-order valence-electron chi connectivity index (χ2n) is 5.07. The van der Waals surface area contributed by atoms with Crippen LogP contribution in [-0.2, 0) is 10.0 Å². The van der Waals surface area contributed by atoms with E-state index in [1.54, 1.807) is 0 Å². The van der Waals surface area contributed by atoms with Gasteiger partial charge < -0.3 is 5.32 Å². The average Bonchev–Trinajstić information content (AvgIpc) is 2.16. The lowest BCUT2D eigenvalue weighted by molar-refractivity contribution is 0.358. The summed E-state index contributed by atoms with van der Waals surface area (Å²) in [6, 6.07) is 0. The molecule has 16 heavy (non-hydrogen) atoms. The minimum absolute atomic E-state index is 0.189. The molecule has 1 heterocycles. The fourth-order valence-electron chi connectivity index (χ4n) is 2.09. The van der Waals surface area contributed by atoms with E-state index in [0.717, 1.165) is 19.5 Å². The van der Waals surface area contributed by atoms with Crippen LogP contribution in [0.15, 0.2) is 0 Å². The van der Waals surface area contributed by atoms with E-state index in [1.165, 1.54) is 12.8 Å². The van der Waals surface area contributed by atoms with Gasteiger partial charge in [0.25, 0.3) is 0 Å². The van der Waals surface area contributed by atoms with Crippen LogP contribution in [-0.4, -0.2) is 33.8 Å². The van der Waals surface area contributed by atoms with E-state index in [-0.39, 0.29) is 11.7 Å². The van der Waals surface area contributed by atoms with Crippen LogP contribution >= 0.6 is 0 Å². The lowest BCUT2D eigenvalue weighted by atomic mass is 9.96. The molecule has 0 aromatic heterocycles. The van der Waals surface area contributed by atoms with E-state index in [9.17, 15) is 8.42 Å². The topological polar surface area (TPSA) is 58.2 Å². The lowest BCUT2D eigenvalue weighted by Gasteiger charge is -2.22. The van der Waals surface area contributed by atoms with Crippen LogP contribution in [0.1, 0.15) is 33.1 Å². The first-order valence-electron chi connectivity index (χ1n) is 6.17. The predicted molar refractivity (Wildman–Crippen MR) is 66.8 cm³/mol. The van der Waals surface area contributed by atoms with Gasteiger partial charge >= 0.3 is 0 Å². The fourth-order valence-corrected chi connectivity index (χ4v) is 3.51. The van der Waals surface area contributed by atoms with E-state index < -0.39 is 10.0 Å². The van der Waals surface area contributed by atoms with Gasteiger partial charge in [0.2, 0.25) is 10.0 Å². The molecule has 0 aromatic carbocycles. The van der Waals surface area contributed by atoms with Gasteiger partial charge in [-0.15, -0.1) is 0 Å². The largest absolute Gasteiger partial charge is 0.316 e. The summed E-state index contributed by atoms with van der Waals surface area (Å²) in [5, 5.41) is 3.34. The van der Waals surface area contributed by atoms with Gasteiger partial charge in [-0.2, -0.15) is 0 Å². The Morgan fingerprint density at radius 3 is 2.75 bits per heavy atom. The Morgan fingerprint density at radius 2 is 2.19 bits per heavy atom. The van der Waals surface area contributed by atoms with E-state index in [0.29, 0.717) is 12.5 Å². The van der Waals surface area contributed by atoms with Gasteiger partial charge in [0, 0.05) is 6.54 Å². The Bertz CT molecular complexity index is 282. The molecular formula is C11H24N2O2S. The Morgan fingerprint density at radius 1 is 1.44 bits per heavy atom. The molecule has 1 fully saturated rings. The van der Waals surface area contributed by atoms with Crippen molar-refractivity contribution in [3.05, 3.63) is 0 Å². The Balaban J connectivity index is 2.18. The summed E-state index contributed by atoms with van der Waals surface area (Å²) in [6.45, 7) is 6.57. The Hall–Kier alpha value is -0.130. The molecule has 5 heteroatoms. The molecule has 2 N–H and O–H groups in total. The van der Waals surface area contributed by atoms with Crippen molar-refractivity contribution in [1.29, 1.82) is 0 Å². The van der Waals surface area contributed by atoms with Crippen LogP contribution in [0.5, 0.6) is 0 Å². The summed E-state index contributed by atoms with van der Waals surface area (Å²) in [6.07, 6.45) is 3.38. The Labute approximate surface area is 99.2 Å². The maximum absolute atomic E-state index is 11.6. The molecular weight excluding hydrogens is 224 g/mol. The highest BCUT2D eigenvalue weighted by Crippen LogP contribution is 2.13. The van der Waals surface area contributed by atoms with Gasteiger partial charge in [0.15, 0.2) is 0 Å². The van der Waals surface area contributed by atoms with E-state index >= 15 is 0 Å². The third-order valence-corrected chi connectivity index (χ3v) is 4.58. The first-order valence-corrected chi connectivity index (χ1v) is 7.83. The maximum atomic E-state index is 11.6. The van der Waals surface area contributed by atoms with Crippen molar-refractivity contribution in [2.75, 3.05) is 25.4 Å². The number of piperidine rings is 1. The summed E-state index contributed by atoms with van der Waals surface area (Å²) in [5.41, 5.74) is 0. The fraction of sp³-hybridized carbons (Fsp3) is 1.00. The standard InChI is InChI=1S/C11H24N2O2S/c1-10(2)9-16(14,15)13-7-5-11-4-3-6-12-8-11/h10-13H,3-9H2,1-2H3. The van der Waals surface area contributed by atoms with Gasteiger partial charge in [-0.1, -0.05) is 13.8 Å². The molecule has 1 aliphatic rings. The summed E-state index contributed by atoms with van der Waals surface area (Å²) < 4.78 is 25.8. The lowest BCUT2D eigenvalue weighted by Crippen LogP contribution is -2.34. The average molecular weight is 248 g/mol. The number of nitrogens with one attached hydrogen (secondary N) is 2. The molecule has 4 nitrogen and oxygen atoms in total. The number of hydrogen-bond donors (Lipinski definition) is 2. The minimum atomic E-state index is -3.05. The molecule has 1 saturated heterocycles. The van der Waals surface area contributed by atoms with Crippen molar-refractivity contribution in [1.82, 2.24) is 10.0 Å². The molecule has 1 atom stereocenters. The van der Waals surface area contributed by atoms with Crippen molar-refractivity contribution < 1.29 is 8.42 Å². The molecule has 1 aliphatic heterocycles. The highest BCUT2D eigenvalue weighted by atomic mass is 32.2. The number of sulfonamides is 1. The quantitative estimate of drug-likeness (QED) is 0.736. The molecule has 96 valence electrons. The zero-order chi connectivity index (χ0) is 12.0. The molecule has 0 aromatic rings. The second kappa shape index (κ2) is 6.57. The van der Waals surface area contributed by atoms with Crippen molar-refractivity contribution in [2.24, 2.45) is 11.8 Å². The molecule has 1 unspecified atom stereocenters. The van der Waals surface area contributed by atoms with Crippen LogP contribution < -0.4 is 10.0 Å². The van der Waals surface area contributed by atoms with Crippen molar-refractivity contribution >= 4 is 10.0 Å². The molecule has 0 spiro atoms. The second-order valence-corrected chi connectivity index (χ2v) is 6.92.